The largest absolute Gasteiger partial charge is 0.308 e. The maximum absolute atomic E-state index is 14.6. The van der Waals surface area contributed by atoms with E-state index in [9.17, 15) is 8.78 Å². The van der Waals surface area contributed by atoms with Gasteiger partial charge in [-0.05, 0) is 49.1 Å². The van der Waals surface area contributed by atoms with E-state index in [4.69, 9.17) is 0 Å². The zero-order valence-corrected chi connectivity index (χ0v) is 19.8. The molecular weight excluding hydrogens is 438 g/mol. The Morgan fingerprint density at radius 2 is 1.79 bits per heavy atom. The highest BCUT2D eigenvalue weighted by Gasteiger charge is 2.37. The monoisotopic (exact) mass is 466 g/mol. The molecule has 0 spiro atoms. The van der Waals surface area contributed by atoms with Crippen molar-refractivity contribution in [2.75, 3.05) is 0 Å². The highest BCUT2D eigenvalue weighted by molar-refractivity contribution is 5.79. The van der Waals surface area contributed by atoms with Gasteiger partial charge in [0.1, 0.15) is 5.82 Å². The Labute approximate surface area is 196 Å². The normalized spacial score (nSPS) is 12.3. The Hall–Kier alpha value is -3.56. The van der Waals surface area contributed by atoms with Crippen molar-refractivity contribution < 1.29 is 8.78 Å². The van der Waals surface area contributed by atoms with Gasteiger partial charge >= 0.3 is 5.92 Å². The third-order valence-corrected chi connectivity index (χ3v) is 6.04. The number of tetrazole rings is 1. The van der Waals surface area contributed by atoms with E-state index in [-0.39, 0.29) is 6.42 Å². The van der Waals surface area contributed by atoms with Crippen LogP contribution in [0.3, 0.4) is 0 Å². The van der Waals surface area contributed by atoms with Gasteiger partial charge in [-0.2, -0.15) is 14.0 Å². The molecule has 4 rings (SSSR count). The van der Waals surface area contributed by atoms with Gasteiger partial charge in [-0.1, -0.05) is 38.1 Å². The Morgan fingerprint density at radius 3 is 2.44 bits per heavy atom. The van der Waals surface area contributed by atoms with Gasteiger partial charge in [-0.15, -0.1) is 15.3 Å². The average Bonchev–Trinajstić information content (AvgIpc) is 3.51. The van der Waals surface area contributed by atoms with Crippen molar-refractivity contribution in [1.29, 1.82) is 0 Å². The maximum Gasteiger partial charge on any atom is 0.308 e. The lowest BCUT2D eigenvalue weighted by Gasteiger charge is -2.25. The van der Waals surface area contributed by atoms with Crippen LogP contribution in [0.4, 0.5) is 8.78 Å². The summed E-state index contributed by atoms with van der Waals surface area (Å²) in [5, 5.41) is 18.5. The van der Waals surface area contributed by atoms with Gasteiger partial charge in [0.25, 0.3) is 0 Å². The maximum atomic E-state index is 14.6. The molecule has 10 heteroatoms. The van der Waals surface area contributed by atoms with Crippen molar-refractivity contribution in [2.24, 2.45) is 0 Å². The number of halogens is 2. The van der Waals surface area contributed by atoms with Crippen LogP contribution < -0.4 is 0 Å². The van der Waals surface area contributed by atoms with Crippen molar-refractivity contribution in [2.45, 2.75) is 64.8 Å². The number of alkyl halides is 2. The first kappa shape index (κ1) is 23.6. The van der Waals surface area contributed by atoms with Crippen molar-refractivity contribution in [3.8, 4) is 22.5 Å². The van der Waals surface area contributed by atoms with Gasteiger partial charge < -0.3 is 0 Å². The lowest BCUT2D eigenvalue weighted by atomic mass is 9.99. The number of nitrogens with zero attached hydrogens (tertiary/aromatic N) is 7. The van der Waals surface area contributed by atoms with Gasteiger partial charge in [0, 0.05) is 36.4 Å². The van der Waals surface area contributed by atoms with Crippen LogP contribution in [0.25, 0.3) is 22.5 Å². The van der Waals surface area contributed by atoms with Crippen LogP contribution in [0.15, 0.2) is 42.7 Å². The number of benzene rings is 1. The average molecular weight is 467 g/mol. The topological polar surface area (TPSA) is 98.1 Å². The van der Waals surface area contributed by atoms with Gasteiger partial charge in [-0.25, -0.2) is 9.67 Å². The van der Waals surface area contributed by atoms with Crippen LogP contribution in [-0.4, -0.2) is 40.4 Å². The smallest absolute Gasteiger partial charge is 0.264 e. The van der Waals surface area contributed by atoms with Crippen LogP contribution in [-0.2, 0) is 17.9 Å². The van der Waals surface area contributed by atoms with Gasteiger partial charge in [0.15, 0.2) is 0 Å². The van der Waals surface area contributed by atoms with E-state index in [1.165, 1.54) is 0 Å². The zero-order valence-electron chi connectivity index (χ0n) is 19.8. The summed E-state index contributed by atoms with van der Waals surface area (Å²) in [5.74, 6) is -2.44. The number of nitrogens with one attached hydrogen (secondary N) is 1. The molecule has 0 unspecified atom stereocenters. The number of hydrogen-bond acceptors (Lipinski definition) is 6. The Bertz CT molecular complexity index is 1230. The van der Waals surface area contributed by atoms with Crippen LogP contribution in [0.1, 0.15) is 64.2 Å². The molecule has 178 valence electrons. The predicted octanol–water partition coefficient (Wildman–Crippen LogP) is 5.15. The molecule has 3 aromatic heterocycles. The van der Waals surface area contributed by atoms with Gasteiger partial charge in [0.05, 0.1) is 5.54 Å². The molecule has 0 radical (unpaired) electrons. The summed E-state index contributed by atoms with van der Waals surface area (Å²) in [4.78, 5) is 8.54. The van der Waals surface area contributed by atoms with Crippen molar-refractivity contribution in [3.05, 3.63) is 59.9 Å². The molecule has 3 heterocycles. The molecule has 0 aliphatic heterocycles. The quantitative estimate of drug-likeness (QED) is 0.366. The predicted molar refractivity (Wildman–Crippen MR) is 124 cm³/mol. The van der Waals surface area contributed by atoms with Crippen molar-refractivity contribution in [3.63, 3.8) is 0 Å². The molecule has 0 atom stereocenters. The van der Waals surface area contributed by atoms with Crippen LogP contribution >= 0.6 is 0 Å². The first-order valence-corrected chi connectivity index (χ1v) is 11.4. The highest BCUT2D eigenvalue weighted by atomic mass is 19.3. The third-order valence-electron chi connectivity index (χ3n) is 6.04. The van der Waals surface area contributed by atoms with Gasteiger partial charge in [-0.3, -0.25) is 4.98 Å². The lowest BCUT2D eigenvalue weighted by molar-refractivity contribution is -0.0236. The minimum absolute atomic E-state index is 0.272. The fourth-order valence-corrected chi connectivity index (χ4v) is 3.75. The lowest BCUT2D eigenvalue weighted by Crippen LogP contribution is -2.29. The van der Waals surface area contributed by atoms with Crippen LogP contribution in [0, 0.1) is 0 Å². The molecule has 0 aliphatic rings. The number of aromatic amines is 1. The molecule has 1 aromatic carbocycles. The third kappa shape index (κ3) is 4.71. The standard InChI is InChI=1S/C24H28F2N8/c1-5-12-24(25,26)22-28-20(34(31-22)23(3,4)6-2)14-16-7-9-17(10-8-16)19-15-27-13-11-18(19)21-29-32-33-30-21/h7-11,13,15H,5-6,12,14H2,1-4H3,(H,29,30,32,33). The van der Waals surface area contributed by atoms with E-state index in [0.29, 0.717) is 24.5 Å². The summed E-state index contributed by atoms with van der Waals surface area (Å²) in [5.41, 5.74) is 3.12. The summed E-state index contributed by atoms with van der Waals surface area (Å²) < 4.78 is 30.9. The number of rotatable bonds is 9. The SMILES string of the molecule is CCCC(F)(F)c1nc(Cc2ccc(-c3cnccc3-c3nn[nH]n3)cc2)n(C(C)(C)CC)n1. The van der Waals surface area contributed by atoms with E-state index in [1.54, 1.807) is 24.0 Å². The second-order valence-electron chi connectivity index (χ2n) is 8.91. The van der Waals surface area contributed by atoms with Crippen molar-refractivity contribution in [1.82, 2.24) is 40.4 Å². The molecular formula is C24H28F2N8. The van der Waals surface area contributed by atoms with Crippen LogP contribution in [0.2, 0.25) is 0 Å². The molecule has 34 heavy (non-hydrogen) atoms. The first-order chi connectivity index (χ1) is 16.2. The summed E-state index contributed by atoms with van der Waals surface area (Å²) in [6, 6.07) is 9.69. The second kappa shape index (κ2) is 9.36. The van der Waals surface area contributed by atoms with E-state index >= 15 is 0 Å². The number of hydrogen-bond donors (Lipinski definition) is 1. The first-order valence-electron chi connectivity index (χ1n) is 11.4. The van der Waals surface area contributed by atoms with Gasteiger partial charge in [0.2, 0.25) is 11.6 Å². The van der Waals surface area contributed by atoms with E-state index in [0.717, 1.165) is 28.7 Å². The van der Waals surface area contributed by atoms with E-state index in [1.807, 2.05) is 51.1 Å². The molecule has 0 bridgehead atoms. The Kier molecular flexibility index (Phi) is 6.49. The Morgan fingerprint density at radius 1 is 1.03 bits per heavy atom. The van der Waals surface area contributed by atoms with Crippen molar-refractivity contribution >= 4 is 0 Å². The van der Waals surface area contributed by atoms with Crippen LogP contribution in [0.5, 0.6) is 0 Å². The number of pyridine rings is 1. The zero-order chi connectivity index (χ0) is 24.3. The summed E-state index contributed by atoms with van der Waals surface area (Å²) >= 11 is 0. The second-order valence-corrected chi connectivity index (χ2v) is 8.91. The fraction of sp³-hybridized carbons (Fsp3) is 0.417. The highest BCUT2D eigenvalue weighted by Crippen LogP contribution is 2.33. The summed E-state index contributed by atoms with van der Waals surface area (Å²) in [6.07, 6.45) is 4.65. The summed E-state index contributed by atoms with van der Waals surface area (Å²) in [6.45, 7) is 7.71. The molecule has 8 nitrogen and oxygen atoms in total. The minimum Gasteiger partial charge on any atom is -0.264 e. The molecule has 0 saturated carbocycles. The van der Waals surface area contributed by atoms with E-state index in [2.05, 4.69) is 35.7 Å². The summed E-state index contributed by atoms with van der Waals surface area (Å²) in [7, 11) is 0. The molecule has 0 amide bonds. The molecule has 0 fully saturated rings. The minimum atomic E-state index is -3.05. The molecule has 0 aliphatic carbocycles. The number of aromatic nitrogens is 8. The molecule has 1 N–H and O–H groups in total. The molecule has 0 saturated heterocycles. The number of H-pyrrole nitrogens is 1. The fourth-order valence-electron chi connectivity index (χ4n) is 3.75. The Balaban J connectivity index is 1.65. The van der Waals surface area contributed by atoms with E-state index < -0.39 is 17.3 Å². The molecule has 4 aromatic rings.